The van der Waals surface area contributed by atoms with Crippen LogP contribution in [-0.2, 0) is 6.54 Å². The van der Waals surface area contributed by atoms with Crippen molar-refractivity contribution >= 4 is 33.8 Å². The first kappa shape index (κ1) is 21.8. The number of fused-ring (bicyclic) bond motifs is 1. The highest BCUT2D eigenvalue weighted by Crippen LogP contribution is 2.24. The minimum absolute atomic E-state index is 0.0115. The van der Waals surface area contributed by atoms with Crippen molar-refractivity contribution in [3.8, 4) is 10.6 Å². The monoisotopic (exact) mass is 479 g/mol. The normalized spacial score (nSPS) is 14.7. The lowest BCUT2D eigenvalue weighted by atomic mass is 10.2. The van der Waals surface area contributed by atoms with E-state index in [-0.39, 0.29) is 11.5 Å². The molecule has 1 fully saturated rings. The molecule has 0 unspecified atom stereocenters. The van der Waals surface area contributed by atoms with Crippen LogP contribution >= 0.6 is 22.9 Å². The van der Waals surface area contributed by atoms with Crippen molar-refractivity contribution in [3.05, 3.63) is 86.8 Å². The zero-order valence-corrected chi connectivity index (χ0v) is 19.6. The fraction of sp³-hybridized carbons (Fsp3) is 0.250. The van der Waals surface area contributed by atoms with Crippen LogP contribution in [0.3, 0.4) is 0 Å². The van der Waals surface area contributed by atoms with E-state index in [1.54, 1.807) is 30.3 Å². The highest BCUT2D eigenvalue weighted by molar-refractivity contribution is 7.19. The molecule has 1 aliphatic heterocycles. The number of aryl methyl sites for hydroxylation is 1. The van der Waals surface area contributed by atoms with E-state index >= 15 is 0 Å². The summed E-state index contributed by atoms with van der Waals surface area (Å²) in [5.74, 6) is 0.0115. The van der Waals surface area contributed by atoms with Gasteiger partial charge in [-0.15, -0.1) is 0 Å². The number of piperazine rings is 1. The van der Waals surface area contributed by atoms with E-state index in [4.69, 9.17) is 11.6 Å². The molecule has 3 heterocycles. The third-order valence-electron chi connectivity index (χ3n) is 5.73. The predicted molar refractivity (Wildman–Crippen MR) is 130 cm³/mol. The van der Waals surface area contributed by atoms with Crippen LogP contribution in [0.5, 0.6) is 0 Å². The van der Waals surface area contributed by atoms with Crippen molar-refractivity contribution in [2.75, 3.05) is 26.2 Å². The Balaban J connectivity index is 1.27. The predicted octanol–water partition coefficient (Wildman–Crippen LogP) is 3.74. The van der Waals surface area contributed by atoms with Crippen LogP contribution in [0.1, 0.15) is 21.6 Å². The Kier molecular flexibility index (Phi) is 5.97. The number of rotatable bonds is 4. The number of amides is 1. The number of carbonyl (C=O) groups is 1. The topological polar surface area (TPSA) is 70.8 Å². The molecule has 1 aliphatic rings. The van der Waals surface area contributed by atoms with Gasteiger partial charge in [0, 0.05) is 54.9 Å². The maximum atomic E-state index is 12.7. The van der Waals surface area contributed by atoms with E-state index in [1.165, 1.54) is 21.4 Å². The molecule has 2 aromatic heterocycles. The summed E-state index contributed by atoms with van der Waals surface area (Å²) in [5.41, 5.74) is 3.33. The molecule has 1 amide bonds. The van der Waals surface area contributed by atoms with Crippen molar-refractivity contribution in [3.63, 3.8) is 0 Å². The van der Waals surface area contributed by atoms with E-state index in [1.807, 2.05) is 36.1 Å². The molecule has 4 aromatic rings. The van der Waals surface area contributed by atoms with Gasteiger partial charge in [0.05, 0.1) is 5.69 Å². The molecular formula is C24H22ClN5O2S. The molecule has 7 nitrogen and oxygen atoms in total. The summed E-state index contributed by atoms with van der Waals surface area (Å²) in [6, 6.07) is 16.6. The van der Waals surface area contributed by atoms with Gasteiger partial charge in [-0.1, -0.05) is 52.8 Å². The van der Waals surface area contributed by atoms with Gasteiger partial charge in [0.25, 0.3) is 11.5 Å². The lowest BCUT2D eigenvalue weighted by molar-refractivity contribution is 0.0627. The second kappa shape index (κ2) is 9.05. The third kappa shape index (κ3) is 4.68. The number of hydrogen-bond acceptors (Lipinski definition) is 6. The molecular weight excluding hydrogens is 458 g/mol. The maximum absolute atomic E-state index is 12.7. The number of hydrogen-bond donors (Lipinski definition) is 0. The second-order valence-electron chi connectivity index (χ2n) is 8.13. The summed E-state index contributed by atoms with van der Waals surface area (Å²) in [5, 5.41) is 5.84. The van der Waals surface area contributed by atoms with Gasteiger partial charge in [0.15, 0.2) is 0 Å². The van der Waals surface area contributed by atoms with Crippen LogP contribution in [0.25, 0.3) is 15.5 Å². The van der Waals surface area contributed by atoms with Crippen LogP contribution in [-0.4, -0.2) is 56.5 Å². The summed E-state index contributed by atoms with van der Waals surface area (Å²) in [7, 11) is 0. The molecule has 0 bridgehead atoms. The number of carbonyl (C=O) groups excluding carboxylic acids is 1. The van der Waals surface area contributed by atoms with E-state index in [9.17, 15) is 9.59 Å². The first-order valence-corrected chi connectivity index (χ1v) is 11.9. The van der Waals surface area contributed by atoms with Crippen LogP contribution in [0, 0.1) is 6.92 Å². The number of nitrogens with zero attached hydrogens (tertiary/aromatic N) is 5. The van der Waals surface area contributed by atoms with Gasteiger partial charge in [-0.2, -0.15) is 9.61 Å². The highest BCUT2D eigenvalue weighted by Gasteiger charge is 2.23. The largest absolute Gasteiger partial charge is 0.336 e. The zero-order valence-electron chi connectivity index (χ0n) is 18.1. The second-order valence-corrected chi connectivity index (χ2v) is 9.52. The van der Waals surface area contributed by atoms with Crippen LogP contribution in [0.15, 0.2) is 59.4 Å². The third-order valence-corrected chi connectivity index (χ3v) is 6.94. The Bertz CT molecular complexity index is 1360. The van der Waals surface area contributed by atoms with Gasteiger partial charge >= 0.3 is 0 Å². The fourth-order valence-electron chi connectivity index (χ4n) is 3.86. The average molecular weight is 480 g/mol. The molecule has 0 atom stereocenters. The van der Waals surface area contributed by atoms with Crippen molar-refractivity contribution in [1.29, 1.82) is 0 Å². The summed E-state index contributed by atoms with van der Waals surface area (Å²) in [4.78, 5) is 34.7. The first-order chi connectivity index (χ1) is 16.0. The van der Waals surface area contributed by atoms with Gasteiger partial charge in [-0.3, -0.25) is 14.5 Å². The molecule has 0 spiro atoms. The fourth-order valence-corrected chi connectivity index (χ4v) is 4.92. The van der Waals surface area contributed by atoms with Gasteiger partial charge in [-0.05, 0) is 31.2 Å². The van der Waals surface area contributed by atoms with Crippen molar-refractivity contribution in [2.45, 2.75) is 13.5 Å². The minimum Gasteiger partial charge on any atom is -0.336 e. The lowest BCUT2D eigenvalue weighted by Crippen LogP contribution is -2.48. The molecule has 2 aromatic carbocycles. The molecule has 0 saturated carbocycles. The van der Waals surface area contributed by atoms with Crippen molar-refractivity contribution in [2.24, 2.45) is 0 Å². The molecule has 0 radical (unpaired) electrons. The Morgan fingerprint density at radius 2 is 1.73 bits per heavy atom. The first-order valence-electron chi connectivity index (χ1n) is 10.7. The van der Waals surface area contributed by atoms with Crippen LogP contribution in [0.4, 0.5) is 0 Å². The molecule has 0 aliphatic carbocycles. The summed E-state index contributed by atoms with van der Waals surface area (Å²) in [6.07, 6.45) is 0. The average Bonchev–Trinajstić information content (AvgIpc) is 3.25. The Hall–Kier alpha value is -3.07. The Labute approximate surface area is 199 Å². The molecule has 0 N–H and O–H groups in total. The highest BCUT2D eigenvalue weighted by atomic mass is 35.5. The van der Waals surface area contributed by atoms with Crippen molar-refractivity contribution in [1.82, 2.24) is 24.4 Å². The number of halogens is 1. The number of aromatic nitrogens is 3. The van der Waals surface area contributed by atoms with Gasteiger partial charge in [-0.25, -0.2) is 4.98 Å². The Morgan fingerprint density at radius 1 is 1.03 bits per heavy atom. The summed E-state index contributed by atoms with van der Waals surface area (Å²) >= 11 is 7.33. The number of benzene rings is 2. The standard InChI is InChI=1S/C24H22ClN5O2S/c1-16-2-4-17(5-3-16)22-27-30-21(31)14-20(26-24(30)33-22)15-28-10-12-29(13-11-28)23(32)18-6-8-19(25)9-7-18/h2-9,14H,10-13,15H2,1H3. The van der Waals surface area contributed by atoms with Gasteiger partial charge < -0.3 is 4.90 Å². The van der Waals surface area contributed by atoms with E-state index in [2.05, 4.69) is 15.0 Å². The molecule has 9 heteroatoms. The van der Waals surface area contributed by atoms with E-state index in [0.717, 1.165) is 29.4 Å². The van der Waals surface area contributed by atoms with Gasteiger partial charge in [0.2, 0.25) is 4.96 Å². The lowest BCUT2D eigenvalue weighted by Gasteiger charge is -2.34. The summed E-state index contributed by atoms with van der Waals surface area (Å²) in [6.45, 7) is 5.29. The Morgan fingerprint density at radius 3 is 2.42 bits per heavy atom. The SMILES string of the molecule is Cc1ccc(-c2nn3c(=O)cc(CN4CCN(C(=O)c5ccc(Cl)cc5)CC4)nc3s2)cc1. The quantitative estimate of drug-likeness (QED) is 0.446. The minimum atomic E-state index is -0.179. The van der Waals surface area contributed by atoms with Crippen LogP contribution < -0.4 is 5.56 Å². The van der Waals surface area contributed by atoms with E-state index < -0.39 is 0 Å². The van der Waals surface area contributed by atoms with E-state index in [0.29, 0.717) is 35.2 Å². The molecule has 5 rings (SSSR count). The van der Waals surface area contributed by atoms with Crippen molar-refractivity contribution < 1.29 is 4.79 Å². The smallest absolute Gasteiger partial charge is 0.275 e. The van der Waals surface area contributed by atoms with Crippen LogP contribution in [0.2, 0.25) is 5.02 Å². The summed E-state index contributed by atoms with van der Waals surface area (Å²) < 4.78 is 1.37. The van der Waals surface area contributed by atoms with Gasteiger partial charge in [0.1, 0.15) is 5.01 Å². The molecule has 168 valence electrons. The molecule has 1 saturated heterocycles. The maximum Gasteiger partial charge on any atom is 0.275 e. The zero-order chi connectivity index (χ0) is 22.9. The molecule has 33 heavy (non-hydrogen) atoms.